The molecule has 0 saturated heterocycles. The van der Waals surface area contributed by atoms with Crippen LogP contribution in [0.3, 0.4) is 0 Å². The molecule has 0 bridgehead atoms. The second-order valence-electron chi connectivity index (χ2n) is 5.09. The van der Waals surface area contributed by atoms with Gasteiger partial charge in [-0.25, -0.2) is 0 Å². The van der Waals surface area contributed by atoms with E-state index in [4.69, 9.17) is 4.42 Å². The van der Waals surface area contributed by atoms with Gasteiger partial charge in [-0.1, -0.05) is 24.3 Å². The molecule has 1 aliphatic rings. The molecule has 2 nitrogen and oxygen atoms in total. The van der Waals surface area contributed by atoms with Gasteiger partial charge in [0.15, 0.2) is 0 Å². The van der Waals surface area contributed by atoms with Crippen LogP contribution >= 0.6 is 0 Å². The van der Waals surface area contributed by atoms with Crippen molar-refractivity contribution in [2.75, 3.05) is 0 Å². The Morgan fingerprint density at radius 1 is 1.17 bits per heavy atom. The first-order valence-electron chi connectivity index (χ1n) is 6.32. The van der Waals surface area contributed by atoms with E-state index < -0.39 is 0 Å². The highest BCUT2D eigenvalue weighted by atomic mass is 16.3. The van der Waals surface area contributed by atoms with E-state index in [1.54, 1.807) is 6.26 Å². The van der Waals surface area contributed by atoms with E-state index in [0.29, 0.717) is 6.42 Å². The third-order valence-electron chi connectivity index (χ3n) is 3.85. The molecule has 0 radical (unpaired) electrons. The number of hydrogen-bond acceptors (Lipinski definition) is 2. The quantitative estimate of drug-likeness (QED) is 0.801. The van der Waals surface area contributed by atoms with Crippen molar-refractivity contribution in [3.8, 4) is 6.07 Å². The molecule has 18 heavy (non-hydrogen) atoms. The second-order valence-corrected chi connectivity index (χ2v) is 5.09. The molecule has 0 spiro atoms. The van der Waals surface area contributed by atoms with E-state index >= 15 is 0 Å². The molecule has 2 heteroatoms. The summed E-state index contributed by atoms with van der Waals surface area (Å²) in [7, 11) is 0. The molecule has 0 amide bonds. The SMILES string of the molecule is N#CC1(Cc2ccco2)CCc2ccccc2C1. The molecule has 1 heterocycles. The fourth-order valence-corrected chi connectivity index (χ4v) is 2.83. The van der Waals surface area contributed by atoms with Gasteiger partial charge < -0.3 is 4.42 Å². The molecule has 1 atom stereocenters. The van der Waals surface area contributed by atoms with Crippen LogP contribution in [0, 0.1) is 16.7 Å². The van der Waals surface area contributed by atoms with Gasteiger partial charge in [0.05, 0.1) is 17.7 Å². The Morgan fingerprint density at radius 3 is 2.72 bits per heavy atom. The maximum atomic E-state index is 9.57. The molecule has 3 rings (SSSR count). The number of benzene rings is 1. The minimum Gasteiger partial charge on any atom is -0.469 e. The van der Waals surface area contributed by atoms with Crippen LogP contribution in [0.4, 0.5) is 0 Å². The van der Waals surface area contributed by atoms with Gasteiger partial charge in [0, 0.05) is 6.42 Å². The van der Waals surface area contributed by atoms with Crippen molar-refractivity contribution >= 4 is 0 Å². The Morgan fingerprint density at radius 2 is 2.00 bits per heavy atom. The van der Waals surface area contributed by atoms with E-state index in [0.717, 1.165) is 25.0 Å². The molecule has 1 aliphatic carbocycles. The first-order valence-corrected chi connectivity index (χ1v) is 6.32. The van der Waals surface area contributed by atoms with Crippen molar-refractivity contribution in [3.05, 3.63) is 59.5 Å². The maximum absolute atomic E-state index is 9.57. The van der Waals surface area contributed by atoms with Crippen molar-refractivity contribution in [3.63, 3.8) is 0 Å². The van der Waals surface area contributed by atoms with E-state index in [9.17, 15) is 5.26 Å². The Hall–Kier alpha value is -2.01. The maximum Gasteiger partial charge on any atom is 0.105 e. The average molecular weight is 237 g/mol. The van der Waals surface area contributed by atoms with Crippen LogP contribution in [0.15, 0.2) is 47.1 Å². The lowest BCUT2D eigenvalue weighted by Crippen LogP contribution is -2.29. The number of fused-ring (bicyclic) bond motifs is 1. The zero-order valence-electron chi connectivity index (χ0n) is 10.2. The molecule has 2 aromatic rings. The summed E-state index contributed by atoms with van der Waals surface area (Å²) < 4.78 is 5.40. The molecule has 90 valence electrons. The highest BCUT2D eigenvalue weighted by molar-refractivity contribution is 5.33. The van der Waals surface area contributed by atoms with Crippen LogP contribution in [0.2, 0.25) is 0 Å². The van der Waals surface area contributed by atoms with Gasteiger partial charge in [-0.2, -0.15) is 5.26 Å². The van der Waals surface area contributed by atoms with Gasteiger partial charge in [-0.05, 0) is 42.5 Å². The lowest BCUT2D eigenvalue weighted by molar-refractivity contribution is 0.312. The Bertz CT molecular complexity index is 579. The standard InChI is InChI=1S/C16H15NO/c17-12-16(11-15-6-3-9-18-15)8-7-13-4-1-2-5-14(13)10-16/h1-6,9H,7-8,10-11H2. The average Bonchev–Trinajstić information content (AvgIpc) is 2.91. The molecule has 0 saturated carbocycles. The van der Waals surface area contributed by atoms with Crippen molar-refractivity contribution in [2.45, 2.75) is 25.7 Å². The molecule has 0 N–H and O–H groups in total. The van der Waals surface area contributed by atoms with Crippen LogP contribution in [-0.4, -0.2) is 0 Å². The lowest BCUT2D eigenvalue weighted by atomic mass is 9.70. The molecular weight excluding hydrogens is 222 g/mol. The van der Waals surface area contributed by atoms with E-state index in [1.165, 1.54) is 11.1 Å². The van der Waals surface area contributed by atoms with Gasteiger partial charge in [-0.3, -0.25) is 0 Å². The number of nitrogens with zero attached hydrogens (tertiary/aromatic N) is 1. The minimum atomic E-state index is -0.299. The van der Waals surface area contributed by atoms with E-state index in [-0.39, 0.29) is 5.41 Å². The number of rotatable bonds is 2. The third-order valence-corrected chi connectivity index (χ3v) is 3.85. The fraction of sp³-hybridized carbons (Fsp3) is 0.312. The van der Waals surface area contributed by atoms with Crippen LogP contribution in [-0.2, 0) is 19.3 Å². The van der Waals surface area contributed by atoms with Gasteiger partial charge >= 0.3 is 0 Å². The molecular formula is C16H15NO. The zero-order valence-corrected chi connectivity index (χ0v) is 10.2. The van der Waals surface area contributed by atoms with Crippen LogP contribution < -0.4 is 0 Å². The van der Waals surface area contributed by atoms with Crippen molar-refractivity contribution in [1.82, 2.24) is 0 Å². The summed E-state index contributed by atoms with van der Waals surface area (Å²) in [6.07, 6.45) is 5.13. The monoisotopic (exact) mass is 237 g/mol. The summed E-state index contributed by atoms with van der Waals surface area (Å²) in [6.45, 7) is 0. The van der Waals surface area contributed by atoms with Crippen molar-refractivity contribution in [1.29, 1.82) is 5.26 Å². The number of aryl methyl sites for hydroxylation is 1. The van der Waals surface area contributed by atoms with Crippen molar-refractivity contribution < 1.29 is 4.42 Å². The predicted molar refractivity (Wildman–Crippen MR) is 68.9 cm³/mol. The summed E-state index contributed by atoms with van der Waals surface area (Å²) in [5, 5.41) is 9.57. The van der Waals surface area contributed by atoms with E-state index in [2.05, 4.69) is 30.3 Å². The summed E-state index contributed by atoms with van der Waals surface area (Å²) >= 11 is 0. The molecule has 0 aliphatic heterocycles. The topological polar surface area (TPSA) is 36.9 Å². The molecule has 0 fully saturated rings. The van der Waals surface area contributed by atoms with Gasteiger partial charge in [-0.15, -0.1) is 0 Å². The van der Waals surface area contributed by atoms with Crippen LogP contribution in [0.25, 0.3) is 0 Å². The summed E-state index contributed by atoms with van der Waals surface area (Å²) in [4.78, 5) is 0. The summed E-state index contributed by atoms with van der Waals surface area (Å²) in [5.74, 6) is 0.913. The Labute approximate surface area is 107 Å². The van der Waals surface area contributed by atoms with E-state index in [1.807, 2.05) is 12.1 Å². The second kappa shape index (κ2) is 4.34. The first-order chi connectivity index (χ1) is 8.81. The molecule has 1 aromatic heterocycles. The largest absolute Gasteiger partial charge is 0.469 e. The van der Waals surface area contributed by atoms with Gasteiger partial charge in [0.25, 0.3) is 0 Å². The van der Waals surface area contributed by atoms with Crippen LogP contribution in [0.1, 0.15) is 23.3 Å². The highest BCUT2D eigenvalue weighted by Gasteiger charge is 2.35. The first kappa shape index (κ1) is 11.1. The summed E-state index contributed by atoms with van der Waals surface area (Å²) in [5.41, 5.74) is 2.41. The fourth-order valence-electron chi connectivity index (χ4n) is 2.83. The Kier molecular flexibility index (Phi) is 2.68. The highest BCUT2D eigenvalue weighted by Crippen LogP contribution is 2.37. The normalized spacial score (nSPS) is 22.2. The lowest BCUT2D eigenvalue weighted by Gasteiger charge is -2.31. The number of hydrogen-bond donors (Lipinski definition) is 0. The number of nitriles is 1. The van der Waals surface area contributed by atoms with Gasteiger partial charge in [0.1, 0.15) is 5.76 Å². The smallest absolute Gasteiger partial charge is 0.105 e. The zero-order chi connectivity index (χ0) is 12.4. The predicted octanol–water partition coefficient (Wildman–Crippen LogP) is 3.52. The van der Waals surface area contributed by atoms with Gasteiger partial charge in [0.2, 0.25) is 0 Å². The number of furan rings is 1. The van der Waals surface area contributed by atoms with Crippen molar-refractivity contribution in [2.24, 2.45) is 5.41 Å². The molecule has 1 aromatic carbocycles. The minimum absolute atomic E-state index is 0.299. The molecule has 1 unspecified atom stereocenters. The van der Waals surface area contributed by atoms with Crippen LogP contribution in [0.5, 0.6) is 0 Å². The Balaban J connectivity index is 1.89. The third kappa shape index (κ3) is 1.93. The summed E-state index contributed by atoms with van der Waals surface area (Å²) in [6, 6.07) is 14.8.